The van der Waals surface area contributed by atoms with Crippen molar-refractivity contribution < 1.29 is 14.3 Å². The topological polar surface area (TPSA) is 79.2 Å². The fourth-order valence-electron chi connectivity index (χ4n) is 2.01. The van der Waals surface area contributed by atoms with Crippen LogP contribution < -0.4 is 5.32 Å². The average molecular weight is 375 g/mol. The van der Waals surface area contributed by atoms with Crippen molar-refractivity contribution in [2.75, 3.05) is 12.4 Å². The molecule has 2 aromatic carbocycles. The van der Waals surface area contributed by atoms with Crippen LogP contribution in [0.25, 0.3) is 0 Å². The van der Waals surface area contributed by atoms with Crippen LogP contribution in [-0.2, 0) is 9.53 Å². The third kappa shape index (κ3) is 4.99. The predicted octanol–water partition coefficient (Wildman–Crippen LogP) is 4.12. The van der Waals surface area contributed by atoms with Gasteiger partial charge in [-0.1, -0.05) is 17.7 Å². The summed E-state index contributed by atoms with van der Waals surface area (Å²) in [5.41, 5.74) is 1.28. The molecule has 0 aliphatic carbocycles. The summed E-state index contributed by atoms with van der Waals surface area (Å²) >= 11 is 7.28. The second kappa shape index (κ2) is 8.56. The van der Waals surface area contributed by atoms with Crippen LogP contribution in [0.4, 0.5) is 5.69 Å². The molecule has 0 saturated carbocycles. The summed E-state index contributed by atoms with van der Waals surface area (Å²) in [5, 5.41) is 11.5. The molecule has 7 heteroatoms. The van der Waals surface area contributed by atoms with E-state index in [1.807, 2.05) is 6.07 Å². The van der Waals surface area contributed by atoms with E-state index >= 15 is 0 Å². The molecule has 1 amide bonds. The lowest BCUT2D eigenvalue weighted by Crippen LogP contribution is -2.22. The van der Waals surface area contributed by atoms with Crippen molar-refractivity contribution in [2.45, 2.75) is 17.1 Å². The third-order valence-electron chi connectivity index (χ3n) is 3.28. The van der Waals surface area contributed by atoms with E-state index in [1.54, 1.807) is 49.4 Å². The first-order chi connectivity index (χ1) is 11.9. The number of methoxy groups -OCH3 is 1. The zero-order valence-corrected chi connectivity index (χ0v) is 15.1. The Morgan fingerprint density at radius 3 is 2.72 bits per heavy atom. The molecule has 0 fully saturated rings. The zero-order valence-electron chi connectivity index (χ0n) is 13.6. The molecule has 128 valence electrons. The van der Waals surface area contributed by atoms with Crippen LogP contribution in [0, 0.1) is 11.3 Å². The van der Waals surface area contributed by atoms with E-state index in [-0.39, 0.29) is 11.5 Å². The number of thioether (sulfide) groups is 1. The van der Waals surface area contributed by atoms with E-state index in [0.717, 1.165) is 4.90 Å². The van der Waals surface area contributed by atoms with Gasteiger partial charge in [0.2, 0.25) is 5.91 Å². The van der Waals surface area contributed by atoms with Crippen LogP contribution >= 0.6 is 23.4 Å². The molecule has 0 heterocycles. The van der Waals surface area contributed by atoms with Gasteiger partial charge in [0.1, 0.15) is 0 Å². The second-order valence-corrected chi connectivity index (χ2v) is 6.90. The Morgan fingerprint density at radius 2 is 2.04 bits per heavy atom. The van der Waals surface area contributed by atoms with Crippen molar-refractivity contribution in [3.63, 3.8) is 0 Å². The average Bonchev–Trinajstić information content (AvgIpc) is 2.62. The molecule has 0 saturated heterocycles. The number of hydrogen-bond donors (Lipinski definition) is 1. The fourth-order valence-corrected chi connectivity index (χ4v) is 3.11. The monoisotopic (exact) mass is 374 g/mol. The van der Waals surface area contributed by atoms with Gasteiger partial charge in [-0.2, -0.15) is 5.26 Å². The highest BCUT2D eigenvalue weighted by Gasteiger charge is 2.17. The number of hydrogen-bond acceptors (Lipinski definition) is 5. The first-order valence-corrected chi connectivity index (χ1v) is 8.56. The van der Waals surface area contributed by atoms with Gasteiger partial charge in [0.15, 0.2) is 0 Å². The predicted molar refractivity (Wildman–Crippen MR) is 97.9 cm³/mol. The fraction of sp³-hybridized carbons (Fsp3) is 0.167. The molecule has 1 N–H and O–H groups in total. The molecule has 1 atom stereocenters. The Balaban J connectivity index is 2.08. The van der Waals surface area contributed by atoms with Crippen LogP contribution in [0.5, 0.6) is 0 Å². The summed E-state index contributed by atoms with van der Waals surface area (Å²) in [7, 11) is 1.28. The number of ether oxygens (including phenoxy) is 1. The van der Waals surface area contributed by atoms with Crippen LogP contribution in [-0.4, -0.2) is 24.2 Å². The minimum absolute atomic E-state index is 0.213. The van der Waals surface area contributed by atoms with Crippen molar-refractivity contribution in [2.24, 2.45) is 0 Å². The van der Waals surface area contributed by atoms with E-state index in [1.165, 1.54) is 18.9 Å². The van der Waals surface area contributed by atoms with Crippen molar-refractivity contribution in [1.82, 2.24) is 0 Å². The molecule has 5 nitrogen and oxygen atoms in total. The van der Waals surface area contributed by atoms with Crippen molar-refractivity contribution >= 4 is 40.9 Å². The molecule has 2 aromatic rings. The van der Waals surface area contributed by atoms with Crippen LogP contribution in [0.3, 0.4) is 0 Å². The minimum Gasteiger partial charge on any atom is -0.465 e. The van der Waals surface area contributed by atoms with Gasteiger partial charge in [-0.15, -0.1) is 11.8 Å². The number of rotatable bonds is 5. The molecule has 2 rings (SSSR count). The number of carbonyl (C=O) groups is 2. The second-order valence-electron chi connectivity index (χ2n) is 5.08. The number of nitriles is 1. The number of esters is 1. The highest BCUT2D eigenvalue weighted by molar-refractivity contribution is 8.00. The van der Waals surface area contributed by atoms with E-state index < -0.39 is 11.2 Å². The number of anilines is 1. The summed E-state index contributed by atoms with van der Waals surface area (Å²) in [6.45, 7) is 1.75. The summed E-state index contributed by atoms with van der Waals surface area (Å²) in [6.07, 6.45) is 0. The normalized spacial score (nSPS) is 11.3. The van der Waals surface area contributed by atoms with Gasteiger partial charge in [-0.05, 0) is 43.3 Å². The SMILES string of the molecule is COC(=O)c1cc(S[C@@H](C)C(=O)Nc2cccc(C#N)c2)ccc1Cl. The van der Waals surface area contributed by atoms with E-state index in [0.29, 0.717) is 16.3 Å². The van der Waals surface area contributed by atoms with Crippen molar-refractivity contribution in [3.8, 4) is 6.07 Å². The first-order valence-electron chi connectivity index (χ1n) is 7.30. The van der Waals surface area contributed by atoms with Gasteiger partial charge in [0, 0.05) is 10.6 Å². The Labute approximate surface area is 154 Å². The molecule has 0 aromatic heterocycles. The van der Waals surface area contributed by atoms with E-state index in [4.69, 9.17) is 16.9 Å². The summed E-state index contributed by atoms with van der Waals surface area (Å²) in [4.78, 5) is 24.7. The van der Waals surface area contributed by atoms with Gasteiger partial charge in [0.05, 0.1) is 34.6 Å². The molecule has 25 heavy (non-hydrogen) atoms. The number of nitrogens with one attached hydrogen (secondary N) is 1. The van der Waals surface area contributed by atoms with Crippen molar-refractivity contribution in [3.05, 3.63) is 58.6 Å². The standard InChI is InChI=1S/C18H15ClN2O3S/c1-11(17(22)21-13-5-3-4-12(8-13)10-20)25-14-6-7-16(19)15(9-14)18(23)24-2/h3-9,11H,1-2H3,(H,21,22)/t11-/m0/s1. The van der Waals surface area contributed by atoms with Crippen LogP contribution in [0.15, 0.2) is 47.4 Å². The maximum Gasteiger partial charge on any atom is 0.339 e. The third-order valence-corrected chi connectivity index (χ3v) is 4.71. The zero-order chi connectivity index (χ0) is 18.4. The molecule has 0 radical (unpaired) electrons. The van der Waals surface area contributed by atoms with Gasteiger partial charge in [-0.25, -0.2) is 4.79 Å². The molecular formula is C18H15ClN2O3S. The largest absolute Gasteiger partial charge is 0.465 e. The van der Waals surface area contributed by atoms with Gasteiger partial charge in [0.25, 0.3) is 0 Å². The quantitative estimate of drug-likeness (QED) is 0.629. The van der Waals surface area contributed by atoms with Gasteiger partial charge in [-0.3, -0.25) is 4.79 Å². The molecular weight excluding hydrogens is 360 g/mol. The maximum atomic E-state index is 12.3. The molecule has 0 spiro atoms. The number of carbonyl (C=O) groups excluding carboxylic acids is 2. The summed E-state index contributed by atoms with van der Waals surface area (Å²) in [6, 6.07) is 13.6. The Bertz CT molecular complexity index is 848. The molecule has 0 unspecified atom stereocenters. The minimum atomic E-state index is -0.530. The highest BCUT2D eigenvalue weighted by atomic mass is 35.5. The summed E-state index contributed by atoms with van der Waals surface area (Å²) < 4.78 is 4.69. The lowest BCUT2D eigenvalue weighted by atomic mass is 10.2. The maximum absolute atomic E-state index is 12.3. The highest BCUT2D eigenvalue weighted by Crippen LogP contribution is 2.28. The van der Waals surface area contributed by atoms with Crippen LogP contribution in [0.2, 0.25) is 5.02 Å². The van der Waals surface area contributed by atoms with E-state index in [9.17, 15) is 9.59 Å². The lowest BCUT2D eigenvalue weighted by Gasteiger charge is -2.13. The van der Waals surface area contributed by atoms with Crippen LogP contribution in [0.1, 0.15) is 22.8 Å². The Morgan fingerprint density at radius 1 is 1.28 bits per heavy atom. The molecule has 0 aliphatic rings. The van der Waals surface area contributed by atoms with Crippen molar-refractivity contribution in [1.29, 1.82) is 5.26 Å². The smallest absolute Gasteiger partial charge is 0.339 e. The number of halogens is 1. The number of benzene rings is 2. The number of amides is 1. The Kier molecular flexibility index (Phi) is 6.45. The first kappa shape index (κ1) is 18.8. The number of nitrogens with zero attached hydrogens (tertiary/aromatic N) is 1. The molecule has 0 aliphatic heterocycles. The van der Waals surface area contributed by atoms with Gasteiger partial charge >= 0.3 is 5.97 Å². The van der Waals surface area contributed by atoms with E-state index in [2.05, 4.69) is 10.1 Å². The lowest BCUT2D eigenvalue weighted by molar-refractivity contribution is -0.115. The summed E-state index contributed by atoms with van der Waals surface area (Å²) in [5.74, 6) is -0.743. The van der Waals surface area contributed by atoms with Gasteiger partial charge < -0.3 is 10.1 Å². The molecule has 0 bridgehead atoms. The Hall–Kier alpha value is -2.49.